The fourth-order valence-corrected chi connectivity index (χ4v) is 2.99. The molecule has 0 aromatic carbocycles. The van der Waals surface area contributed by atoms with Gasteiger partial charge in [-0.3, -0.25) is 9.59 Å². The van der Waals surface area contributed by atoms with Gasteiger partial charge in [-0.1, -0.05) is 0 Å². The van der Waals surface area contributed by atoms with E-state index in [1.54, 1.807) is 6.92 Å². The van der Waals surface area contributed by atoms with E-state index in [0.717, 1.165) is 4.90 Å². The van der Waals surface area contributed by atoms with Crippen molar-refractivity contribution in [3.8, 4) is 0 Å². The van der Waals surface area contributed by atoms with Crippen LogP contribution in [0.3, 0.4) is 0 Å². The Kier molecular flexibility index (Phi) is 3.94. The first kappa shape index (κ1) is 16.1. The molecule has 5 nitrogen and oxygen atoms in total. The van der Waals surface area contributed by atoms with Gasteiger partial charge in [-0.25, -0.2) is 0 Å². The molecule has 0 radical (unpaired) electrons. The Morgan fingerprint density at radius 1 is 1.29 bits per heavy atom. The Morgan fingerprint density at radius 2 is 1.95 bits per heavy atom. The van der Waals surface area contributed by atoms with Gasteiger partial charge < -0.3 is 14.7 Å². The van der Waals surface area contributed by atoms with E-state index in [4.69, 9.17) is 9.84 Å². The van der Waals surface area contributed by atoms with E-state index in [2.05, 4.69) is 0 Å². The Labute approximate surface area is 120 Å². The van der Waals surface area contributed by atoms with Crippen LogP contribution in [0.2, 0.25) is 0 Å². The molecule has 8 heteroatoms. The number of carbonyl (C=O) groups excluding carboxylic acids is 1. The van der Waals surface area contributed by atoms with Crippen LogP contribution in [0.5, 0.6) is 0 Å². The largest absolute Gasteiger partial charge is 0.481 e. The topological polar surface area (TPSA) is 66.8 Å². The van der Waals surface area contributed by atoms with Crippen molar-refractivity contribution in [3.63, 3.8) is 0 Å². The number of halogens is 3. The van der Waals surface area contributed by atoms with Crippen molar-refractivity contribution in [1.29, 1.82) is 0 Å². The van der Waals surface area contributed by atoms with Gasteiger partial charge in [-0.15, -0.1) is 0 Å². The highest BCUT2D eigenvalue weighted by atomic mass is 19.4. The lowest BCUT2D eigenvalue weighted by Gasteiger charge is -2.36. The molecule has 0 aromatic rings. The van der Waals surface area contributed by atoms with Crippen LogP contribution in [0, 0.1) is 10.8 Å². The molecule has 0 saturated carbocycles. The molecule has 1 N–H and O–H groups in total. The maximum atomic E-state index is 13.1. The van der Waals surface area contributed by atoms with Crippen molar-refractivity contribution in [2.45, 2.75) is 32.4 Å². The molecule has 0 spiro atoms. The molecule has 0 aliphatic carbocycles. The lowest BCUT2D eigenvalue weighted by Crippen LogP contribution is -2.50. The number of amides is 1. The van der Waals surface area contributed by atoms with Crippen LogP contribution >= 0.6 is 0 Å². The molecule has 2 aliphatic heterocycles. The zero-order chi connectivity index (χ0) is 15.9. The second-order valence-electron chi connectivity index (χ2n) is 6.08. The Morgan fingerprint density at radius 3 is 2.38 bits per heavy atom. The minimum Gasteiger partial charge on any atom is -0.481 e. The summed E-state index contributed by atoms with van der Waals surface area (Å²) in [6.45, 7) is 1.34. The van der Waals surface area contributed by atoms with Gasteiger partial charge in [0.05, 0.1) is 12.0 Å². The van der Waals surface area contributed by atoms with Crippen LogP contribution in [0.25, 0.3) is 0 Å². The first-order valence-corrected chi connectivity index (χ1v) is 6.80. The summed E-state index contributed by atoms with van der Waals surface area (Å²) in [5.74, 6) is -2.37. The highest BCUT2D eigenvalue weighted by Crippen LogP contribution is 2.46. The number of carbonyl (C=O) groups is 2. The van der Waals surface area contributed by atoms with E-state index in [-0.39, 0.29) is 13.2 Å². The average molecular weight is 309 g/mol. The molecule has 0 bridgehead atoms. The number of aliphatic carboxylic acids is 1. The number of hydrogen-bond acceptors (Lipinski definition) is 3. The van der Waals surface area contributed by atoms with Crippen LogP contribution in [0.15, 0.2) is 0 Å². The van der Waals surface area contributed by atoms with Crippen molar-refractivity contribution in [3.05, 3.63) is 0 Å². The molecule has 1 amide bonds. The van der Waals surface area contributed by atoms with Crippen molar-refractivity contribution < 1.29 is 32.6 Å². The van der Waals surface area contributed by atoms with E-state index >= 15 is 0 Å². The molecule has 0 aromatic heterocycles. The van der Waals surface area contributed by atoms with E-state index < -0.39 is 41.8 Å². The highest BCUT2D eigenvalue weighted by Gasteiger charge is 2.64. The molecule has 2 saturated heterocycles. The second-order valence-corrected chi connectivity index (χ2v) is 6.08. The number of carboxylic acids is 1. The van der Waals surface area contributed by atoms with Crippen LogP contribution in [-0.4, -0.2) is 54.4 Å². The smallest absolute Gasteiger partial charge is 0.406 e. The van der Waals surface area contributed by atoms with Crippen molar-refractivity contribution >= 4 is 11.9 Å². The SMILES string of the molecule is CC1(C(=O)N2CCC(C(=O)O)(C(F)(F)F)C2)CCCOC1. The fourth-order valence-electron chi connectivity index (χ4n) is 2.99. The predicted octanol–water partition coefficient (Wildman–Crippen LogP) is 1.67. The summed E-state index contributed by atoms with van der Waals surface area (Å²) >= 11 is 0. The standard InChI is InChI=1S/C13H18F3NO4/c1-11(3-2-6-21-8-11)9(18)17-5-4-12(7-17,10(19)20)13(14,15)16/h2-8H2,1H3,(H,19,20). The summed E-state index contributed by atoms with van der Waals surface area (Å²) in [7, 11) is 0. The van der Waals surface area contributed by atoms with Gasteiger partial charge >= 0.3 is 12.1 Å². The summed E-state index contributed by atoms with van der Waals surface area (Å²) < 4.78 is 44.5. The molecular weight excluding hydrogens is 291 g/mol. The van der Waals surface area contributed by atoms with Gasteiger partial charge in [0.2, 0.25) is 5.91 Å². The molecule has 21 heavy (non-hydrogen) atoms. The molecule has 2 heterocycles. The molecule has 2 unspecified atom stereocenters. The number of nitrogens with zero attached hydrogens (tertiary/aromatic N) is 1. The third-order valence-electron chi connectivity index (χ3n) is 4.46. The maximum absolute atomic E-state index is 13.1. The third-order valence-corrected chi connectivity index (χ3v) is 4.46. The Hall–Kier alpha value is -1.31. The summed E-state index contributed by atoms with van der Waals surface area (Å²) in [4.78, 5) is 24.6. The highest BCUT2D eigenvalue weighted by molar-refractivity contribution is 5.85. The normalized spacial score (nSPS) is 34.0. The van der Waals surface area contributed by atoms with E-state index in [0.29, 0.717) is 19.4 Å². The number of alkyl halides is 3. The van der Waals surface area contributed by atoms with Crippen LogP contribution < -0.4 is 0 Å². The maximum Gasteiger partial charge on any atom is 0.406 e. The van der Waals surface area contributed by atoms with Crippen molar-refractivity contribution in [2.75, 3.05) is 26.3 Å². The minimum absolute atomic E-state index is 0.161. The first-order chi connectivity index (χ1) is 9.62. The molecule has 2 aliphatic rings. The lowest BCUT2D eigenvalue weighted by molar-refractivity contribution is -0.227. The number of rotatable bonds is 2. The monoisotopic (exact) mass is 309 g/mol. The molecule has 2 atom stereocenters. The second kappa shape index (κ2) is 5.15. The van der Waals surface area contributed by atoms with E-state index in [9.17, 15) is 22.8 Å². The predicted molar refractivity (Wildman–Crippen MR) is 65.5 cm³/mol. The number of hydrogen-bond donors (Lipinski definition) is 1. The summed E-state index contributed by atoms with van der Waals surface area (Å²) in [5, 5.41) is 8.99. The van der Waals surface area contributed by atoms with Gasteiger partial charge in [-0.05, 0) is 26.2 Å². The zero-order valence-corrected chi connectivity index (χ0v) is 11.7. The molecule has 2 fully saturated rings. The Bertz CT molecular complexity index is 445. The van der Waals surface area contributed by atoms with Gasteiger partial charge in [0, 0.05) is 19.7 Å². The van der Waals surface area contributed by atoms with Gasteiger partial charge in [0.1, 0.15) is 0 Å². The summed E-state index contributed by atoms with van der Waals surface area (Å²) in [6.07, 6.45) is -4.28. The molecule has 120 valence electrons. The fraction of sp³-hybridized carbons (Fsp3) is 0.846. The molecule has 2 rings (SSSR count). The van der Waals surface area contributed by atoms with E-state index in [1.165, 1.54) is 0 Å². The summed E-state index contributed by atoms with van der Waals surface area (Å²) in [6, 6.07) is 0. The first-order valence-electron chi connectivity index (χ1n) is 6.80. The number of ether oxygens (including phenoxy) is 1. The van der Waals surface area contributed by atoms with Crippen molar-refractivity contribution in [1.82, 2.24) is 4.90 Å². The Balaban J connectivity index is 2.17. The number of likely N-dealkylation sites (tertiary alicyclic amines) is 1. The molecular formula is C13H18F3NO4. The van der Waals surface area contributed by atoms with Crippen molar-refractivity contribution in [2.24, 2.45) is 10.8 Å². The summed E-state index contributed by atoms with van der Waals surface area (Å²) in [5.41, 5.74) is -3.72. The minimum atomic E-state index is -4.88. The number of carboxylic acid groups (broad SMARTS) is 1. The van der Waals surface area contributed by atoms with Gasteiger partial charge in [-0.2, -0.15) is 13.2 Å². The quantitative estimate of drug-likeness (QED) is 0.842. The van der Waals surface area contributed by atoms with Crippen LogP contribution in [0.4, 0.5) is 13.2 Å². The average Bonchev–Trinajstić information content (AvgIpc) is 2.84. The van der Waals surface area contributed by atoms with Crippen LogP contribution in [0.1, 0.15) is 26.2 Å². The van der Waals surface area contributed by atoms with E-state index in [1.807, 2.05) is 0 Å². The van der Waals surface area contributed by atoms with Gasteiger partial charge in [0.25, 0.3) is 0 Å². The van der Waals surface area contributed by atoms with Crippen LogP contribution in [-0.2, 0) is 14.3 Å². The third kappa shape index (κ3) is 2.61. The van der Waals surface area contributed by atoms with Gasteiger partial charge in [0.15, 0.2) is 5.41 Å². The lowest BCUT2D eigenvalue weighted by atomic mass is 9.83. The zero-order valence-electron chi connectivity index (χ0n) is 11.7.